The van der Waals surface area contributed by atoms with Crippen molar-refractivity contribution in [3.8, 4) is 11.6 Å². The summed E-state index contributed by atoms with van der Waals surface area (Å²) in [6, 6.07) is 7.61. The zero-order valence-corrected chi connectivity index (χ0v) is 25.3. The topological polar surface area (TPSA) is 133 Å². The second-order valence-corrected chi connectivity index (χ2v) is 11.4. The normalized spacial score (nSPS) is 17.5. The van der Waals surface area contributed by atoms with Crippen LogP contribution in [0.1, 0.15) is 60.6 Å². The summed E-state index contributed by atoms with van der Waals surface area (Å²) in [5.74, 6) is -2.21. The minimum absolute atomic E-state index is 0.0976. The van der Waals surface area contributed by atoms with Crippen LogP contribution in [0.3, 0.4) is 0 Å². The first kappa shape index (κ1) is 31.2. The molecule has 3 heterocycles. The Hall–Kier alpha value is -3.77. The van der Waals surface area contributed by atoms with E-state index in [1.54, 1.807) is 11.8 Å². The van der Waals surface area contributed by atoms with Gasteiger partial charge in [-0.1, -0.05) is 37.3 Å². The second-order valence-electron chi connectivity index (χ2n) is 11.4. The Bertz CT molecular complexity index is 1430. The molecular formula is C30H41N5O7. The van der Waals surface area contributed by atoms with Crippen molar-refractivity contribution in [1.29, 1.82) is 0 Å². The lowest BCUT2D eigenvalue weighted by Crippen LogP contribution is -2.54. The summed E-state index contributed by atoms with van der Waals surface area (Å²) in [5.41, 5.74) is 2.98. The molecule has 1 saturated heterocycles. The molecule has 2 atom stereocenters. The van der Waals surface area contributed by atoms with E-state index >= 15 is 0 Å². The van der Waals surface area contributed by atoms with Crippen LogP contribution in [0.25, 0.3) is 5.69 Å². The largest absolute Gasteiger partial charge is 0.521 e. The van der Waals surface area contributed by atoms with Crippen molar-refractivity contribution in [2.24, 2.45) is 11.8 Å². The number of aryl methyl sites for hydroxylation is 2. The number of carbonyl (C=O) groups excluding carboxylic acids is 2. The maximum Gasteiger partial charge on any atom is 0.521 e. The lowest BCUT2D eigenvalue weighted by molar-refractivity contribution is -0.143. The van der Waals surface area contributed by atoms with Crippen LogP contribution in [0.15, 0.2) is 37.9 Å². The zero-order chi connectivity index (χ0) is 30.4. The Morgan fingerprint density at radius 3 is 2.57 bits per heavy atom. The van der Waals surface area contributed by atoms with Crippen molar-refractivity contribution >= 4 is 11.9 Å². The van der Waals surface area contributed by atoms with Gasteiger partial charge in [0.15, 0.2) is 11.5 Å². The number of likely N-dealkylation sites (N-methyl/N-ethyl adjacent to an activating group) is 1. The molecule has 1 aliphatic heterocycles. The van der Waals surface area contributed by atoms with Crippen molar-refractivity contribution in [2.75, 3.05) is 40.4 Å². The molecule has 0 saturated carbocycles. The Morgan fingerprint density at radius 1 is 1.14 bits per heavy atom. The van der Waals surface area contributed by atoms with Gasteiger partial charge in [0.2, 0.25) is 0 Å². The Balaban J connectivity index is 1.63. The highest BCUT2D eigenvalue weighted by Gasteiger charge is 2.38. The van der Waals surface area contributed by atoms with Gasteiger partial charge in [0.05, 0.1) is 17.3 Å². The number of carbonyl (C=O) groups is 2. The van der Waals surface area contributed by atoms with E-state index in [1.807, 2.05) is 48.0 Å². The predicted molar refractivity (Wildman–Crippen MR) is 154 cm³/mol. The maximum absolute atomic E-state index is 14.3. The summed E-state index contributed by atoms with van der Waals surface area (Å²) in [5, 5.41) is 8.88. The monoisotopic (exact) mass is 583 g/mol. The summed E-state index contributed by atoms with van der Waals surface area (Å²) in [6.07, 6.45) is 2.64. The van der Waals surface area contributed by atoms with Gasteiger partial charge >= 0.3 is 17.7 Å². The SMILES string of the molecule is COCCCCc1c(C(=O)N(CC(C)C)[C@H]2C[C@@H](C(=O)Oc3oc(=O)oc3C)CN(C)C2)nnn1-c1ccccc1C. The molecule has 0 spiro atoms. The number of nitrogens with zero attached hydrogens (tertiary/aromatic N) is 5. The van der Waals surface area contributed by atoms with Crippen molar-refractivity contribution in [1.82, 2.24) is 24.8 Å². The fraction of sp³-hybridized carbons (Fsp3) is 0.567. The van der Waals surface area contributed by atoms with Gasteiger partial charge in [-0.15, -0.1) is 5.10 Å². The average molecular weight is 584 g/mol. The molecule has 42 heavy (non-hydrogen) atoms. The first-order valence-corrected chi connectivity index (χ1v) is 14.4. The van der Waals surface area contributed by atoms with Crippen molar-refractivity contribution in [2.45, 2.75) is 59.4 Å². The summed E-state index contributed by atoms with van der Waals surface area (Å²) >= 11 is 0. The van der Waals surface area contributed by atoms with Crippen LogP contribution < -0.4 is 10.6 Å². The standard InChI is InChI=1S/C30H41N5O7/c1-19(2)16-34(23-15-22(17-33(5)18-23)28(37)41-29-21(4)40-30(38)42-29)27(36)26-25(13-9-10-14-39-6)35(32-31-26)24-12-8-7-11-20(24)3/h7-8,11-12,19,22-23H,9-10,13-18H2,1-6H3/t22-,23+/m1/s1. The number of esters is 1. The number of hydrogen-bond acceptors (Lipinski definition) is 10. The van der Waals surface area contributed by atoms with Crippen LogP contribution in [0.4, 0.5) is 0 Å². The van der Waals surface area contributed by atoms with Gasteiger partial charge in [-0.25, -0.2) is 9.48 Å². The fourth-order valence-electron chi connectivity index (χ4n) is 5.44. The summed E-state index contributed by atoms with van der Waals surface area (Å²) < 4.78 is 22.1. The van der Waals surface area contributed by atoms with Gasteiger partial charge in [0, 0.05) is 46.3 Å². The van der Waals surface area contributed by atoms with Gasteiger partial charge in [0.25, 0.3) is 5.91 Å². The van der Waals surface area contributed by atoms with E-state index in [0.29, 0.717) is 44.8 Å². The number of hydrogen-bond donors (Lipinski definition) is 0. The molecule has 0 N–H and O–H groups in total. The number of aromatic nitrogens is 3. The van der Waals surface area contributed by atoms with E-state index in [0.717, 1.165) is 29.8 Å². The number of ether oxygens (including phenoxy) is 2. The molecule has 1 amide bonds. The number of benzene rings is 1. The van der Waals surface area contributed by atoms with E-state index in [4.69, 9.17) is 18.3 Å². The van der Waals surface area contributed by atoms with E-state index in [1.165, 1.54) is 6.92 Å². The van der Waals surface area contributed by atoms with Crippen LogP contribution in [0.2, 0.25) is 0 Å². The average Bonchev–Trinajstić information content (AvgIpc) is 3.50. The molecule has 0 aliphatic carbocycles. The lowest BCUT2D eigenvalue weighted by atomic mass is 9.92. The summed E-state index contributed by atoms with van der Waals surface area (Å²) in [4.78, 5) is 42.7. The minimum Gasteiger partial charge on any atom is -0.392 e. The van der Waals surface area contributed by atoms with E-state index in [2.05, 4.69) is 24.2 Å². The number of para-hydroxylation sites is 1. The number of likely N-dealkylation sites (tertiary alicyclic amines) is 1. The van der Waals surface area contributed by atoms with Crippen molar-refractivity contribution < 1.29 is 27.9 Å². The molecule has 1 fully saturated rings. The van der Waals surface area contributed by atoms with E-state index in [-0.39, 0.29) is 29.6 Å². The third-order valence-corrected chi connectivity index (χ3v) is 7.42. The van der Waals surface area contributed by atoms with Gasteiger partial charge in [-0.05, 0) is 57.2 Å². The zero-order valence-electron chi connectivity index (χ0n) is 25.3. The molecular weight excluding hydrogens is 542 g/mol. The van der Waals surface area contributed by atoms with Crippen LogP contribution >= 0.6 is 0 Å². The first-order valence-electron chi connectivity index (χ1n) is 14.4. The molecule has 228 valence electrons. The smallest absolute Gasteiger partial charge is 0.392 e. The molecule has 1 aromatic carbocycles. The van der Waals surface area contributed by atoms with Gasteiger partial charge < -0.3 is 28.1 Å². The molecule has 0 radical (unpaired) electrons. The molecule has 12 heteroatoms. The lowest BCUT2D eigenvalue weighted by Gasteiger charge is -2.41. The van der Waals surface area contributed by atoms with Crippen molar-refractivity contribution in [3.05, 3.63) is 57.6 Å². The van der Waals surface area contributed by atoms with Crippen LogP contribution in [-0.4, -0.2) is 83.1 Å². The molecule has 0 bridgehead atoms. The van der Waals surface area contributed by atoms with Gasteiger partial charge in [-0.2, -0.15) is 0 Å². The Labute approximate surface area is 245 Å². The number of methoxy groups -OCH3 is 1. The third-order valence-electron chi connectivity index (χ3n) is 7.42. The fourth-order valence-corrected chi connectivity index (χ4v) is 5.44. The maximum atomic E-state index is 14.3. The third kappa shape index (κ3) is 7.35. The number of unbranched alkanes of at least 4 members (excludes halogenated alkanes) is 1. The van der Waals surface area contributed by atoms with Crippen LogP contribution in [-0.2, 0) is 16.0 Å². The molecule has 4 rings (SSSR count). The minimum atomic E-state index is -0.931. The van der Waals surface area contributed by atoms with Gasteiger partial charge in [0.1, 0.15) is 0 Å². The number of amides is 1. The number of piperidine rings is 1. The van der Waals surface area contributed by atoms with Crippen LogP contribution in [0.5, 0.6) is 5.95 Å². The first-order chi connectivity index (χ1) is 20.1. The Morgan fingerprint density at radius 2 is 1.90 bits per heavy atom. The molecule has 12 nitrogen and oxygen atoms in total. The quantitative estimate of drug-likeness (QED) is 0.231. The highest BCUT2D eigenvalue weighted by molar-refractivity contribution is 5.94. The molecule has 2 aromatic heterocycles. The molecule has 0 unspecified atom stereocenters. The highest BCUT2D eigenvalue weighted by atomic mass is 16.7. The van der Waals surface area contributed by atoms with E-state index < -0.39 is 17.7 Å². The van der Waals surface area contributed by atoms with Crippen LogP contribution in [0, 0.1) is 25.7 Å². The van der Waals surface area contributed by atoms with Crippen molar-refractivity contribution in [3.63, 3.8) is 0 Å². The Kier molecular flexibility index (Phi) is 10.3. The second kappa shape index (κ2) is 13.9. The summed E-state index contributed by atoms with van der Waals surface area (Å²) in [7, 11) is 3.58. The summed E-state index contributed by atoms with van der Waals surface area (Å²) in [6.45, 7) is 9.73. The highest BCUT2D eigenvalue weighted by Crippen LogP contribution is 2.27. The molecule has 3 aromatic rings. The molecule has 1 aliphatic rings. The predicted octanol–water partition coefficient (Wildman–Crippen LogP) is 3.42. The van der Waals surface area contributed by atoms with Gasteiger partial charge in [-0.3, -0.25) is 9.59 Å². The van der Waals surface area contributed by atoms with E-state index in [9.17, 15) is 14.4 Å². The number of rotatable bonds is 12.